The molecule has 0 saturated heterocycles. The smallest absolute Gasteiger partial charge is 0.0412 e. The fourth-order valence-electron chi connectivity index (χ4n) is 2.22. The summed E-state index contributed by atoms with van der Waals surface area (Å²) in [5.41, 5.74) is 0. The van der Waals surface area contributed by atoms with Crippen molar-refractivity contribution in [1.29, 1.82) is 0 Å². The Morgan fingerprint density at radius 3 is 2.30 bits per heavy atom. The van der Waals surface area contributed by atoms with E-state index in [1.165, 1.54) is 38.5 Å². The Bertz CT molecular complexity index is 86.0. The largest absolute Gasteiger partial charge is 0.0654 e. The molecular weight excluding hydrogens is 120 g/mol. The summed E-state index contributed by atoms with van der Waals surface area (Å²) < 4.78 is 0. The van der Waals surface area contributed by atoms with Gasteiger partial charge >= 0.3 is 0 Å². The molecule has 0 bridgehead atoms. The molecule has 1 aliphatic rings. The minimum atomic E-state index is 1.08. The molecule has 2 atom stereocenters. The Morgan fingerprint density at radius 1 is 1.10 bits per heavy atom. The molecule has 1 aliphatic carbocycles. The summed E-state index contributed by atoms with van der Waals surface area (Å²) in [6, 6.07) is 0. The minimum Gasteiger partial charge on any atom is -0.0654 e. The molecule has 0 spiro atoms. The fourth-order valence-corrected chi connectivity index (χ4v) is 2.22. The summed E-state index contributed by atoms with van der Waals surface area (Å²) in [6.07, 6.45) is 8.86. The molecule has 2 unspecified atom stereocenters. The molecule has 0 N–H and O–H groups in total. The van der Waals surface area contributed by atoms with Crippen LogP contribution in [0.5, 0.6) is 0 Å². The third-order valence-electron chi connectivity index (χ3n) is 2.92. The van der Waals surface area contributed by atoms with Crippen molar-refractivity contribution in [3.05, 3.63) is 0 Å². The fraction of sp³-hybridized carbons (Fsp3) is 1.00. The maximum atomic E-state index is 2.33. The van der Waals surface area contributed by atoms with Crippen molar-refractivity contribution in [1.82, 2.24) is 0 Å². The van der Waals surface area contributed by atoms with E-state index in [2.05, 4.69) is 13.8 Å². The van der Waals surface area contributed by atoms with Gasteiger partial charge in [0.25, 0.3) is 0 Å². The summed E-state index contributed by atoms with van der Waals surface area (Å²) >= 11 is 0. The first-order chi connectivity index (χ1) is 4.86. The maximum absolute atomic E-state index is 2.33. The van der Waals surface area contributed by atoms with E-state index >= 15 is 0 Å². The second-order valence-corrected chi connectivity index (χ2v) is 3.74. The van der Waals surface area contributed by atoms with Crippen LogP contribution in [-0.2, 0) is 0 Å². The molecule has 1 fully saturated rings. The van der Waals surface area contributed by atoms with Crippen LogP contribution in [0.2, 0.25) is 0 Å². The van der Waals surface area contributed by atoms with Gasteiger partial charge in [-0.2, -0.15) is 0 Å². The van der Waals surface area contributed by atoms with Crippen molar-refractivity contribution in [3.63, 3.8) is 0 Å². The van der Waals surface area contributed by atoms with E-state index in [9.17, 15) is 0 Å². The van der Waals surface area contributed by atoms with Crippen molar-refractivity contribution >= 4 is 0 Å². The molecule has 0 amide bonds. The highest BCUT2D eigenvalue weighted by Crippen LogP contribution is 2.35. The first kappa shape index (κ1) is 8.10. The Hall–Kier alpha value is 0. The minimum absolute atomic E-state index is 1.08. The van der Waals surface area contributed by atoms with Crippen molar-refractivity contribution in [2.24, 2.45) is 11.8 Å². The highest BCUT2D eigenvalue weighted by Gasteiger charge is 2.21. The molecule has 0 heteroatoms. The van der Waals surface area contributed by atoms with Crippen molar-refractivity contribution in [3.8, 4) is 0 Å². The molecular formula is C10H20. The van der Waals surface area contributed by atoms with Gasteiger partial charge in [0.2, 0.25) is 0 Å². The third kappa shape index (κ3) is 2.00. The van der Waals surface area contributed by atoms with Gasteiger partial charge in [-0.15, -0.1) is 0 Å². The van der Waals surface area contributed by atoms with Gasteiger partial charge in [-0.25, -0.2) is 0 Å². The normalized spacial score (nSPS) is 33.0. The Labute approximate surface area is 65.0 Å². The molecule has 0 heterocycles. The summed E-state index contributed by atoms with van der Waals surface area (Å²) in [5, 5.41) is 0. The van der Waals surface area contributed by atoms with Crippen molar-refractivity contribution in [2.75, 3.05) is 0 Å². The van der Waals surface area contributed by atoms with Crippen LogP contribution in [0.25, 0.3) is 0 Å². The number of hydrogen-bond donors (Lipinski definition) is 0. The predicted molar refractivity (Wildman–Crippen MR) is 46.0 cm³/mol. The monoisotopic (exact) mass is 140 g/mol. The molecule has 0 radical (unpaired) electrons. The van der Waals surface area contributed by atoms with Crippen LogP contribution in [-0.4, -0.2) is 0 Å². The SMILES string of the molecule is CCCC1CCC(CC)C1. The van der Waals surface area contributed by atoms with Gasteiger partial charge in [-0.1, -0.05) is 46.0 Å². The lowest BCUT2D eigenvalue weighted by atomic mass is 9.99. The molecule has 1 saturated carbocycles. The Kier molecular flexibility index (Phi) is 3.24. The summed E-state index contributed by atoms with van der Waals surface area (Å²) in [4.78, 5) is 0. The lowest BCUT2D eigenvalue weighted by Crippen LogP contribution is -1.94. The van der Waals surface area contributed by atoms with E-state index in [1.54, 1.807) is 0 Å². The number of rotatable bonds is 3. The third-order valence-corrected chi connectivity index (χ3v) is 2.92. The van der Waals surface area contributed by atoms with E-state index in [0.717, 1.165) is 11.8 Å². The second kappa shape index (κ2) is 4.00. The molecule has 0 aromatic carbocycles. The van der Waals surface area contributed by atoms with Gasteiger partial charge in [-0.05, 0) is 18.3 Å². The average molecular weight is 140 g/mol. The molecule has 0 aromatic heterocycles. The molecule has 0 aliphatic heterocycles. The first-order valence-electron chi connectivity index (χ1n) is 4.86. The molecule has 0 nitrogen and oxygen atoms in total. The van der Waals surface area contributed by atoms with Crippen LogP contribution < -0.4 is 0 Å². The quantitative estimate of drug-likeness (QED) is 0.561. The van der Waals surface area contributed by atoms with Crippen LogP contribution in [0.15, 0.2) is 0 Å². The zero-order valence-corrected chi connectivity index (χ0v) is 7.40. The lowest BCUT2D eigenvalue weighted by Gasteiger charge is -2.07. The standard InChI is InChI=1S/C10H20/c1-3-5-10-7-6-9(4-2)8-10/h9-10H,3-8H2,1-2H3. The first-order valence-corrected chi connectivity index (χ1v) is 4.86. The summed E-state index contributed by atoms with van der Waals surface area (Å²) in [7, 11) is 0. The zero-order chi connectivity index (χ0) is 7.40. The van der Waals surface area contributed by atoms with E-state index in [-0.39, 0.29) is 0 Å². The average Bonchev–Trinajstić information content (AvgIpc) is 2.37. The van der Waals surface area contributed by atoms with Gasteiger partial charge in [-0.3, -0.25) is 0 Å². The zero-order valence-electron chi connectivity index (χ0n) is 7.40. The lowest BCUT2D eigenvalue weighted by molar-refractivity contribution is 0.453. The van der Waals surface area contributed by atoms with Crippen molar-refractivity contribution in [2.45, 2.75) is 52.4 Å². The Morgan fingerprint density at radius 2 is 1.80 bits per heavy atom. The van der Waals surface area contributed by atoms with E-state index in [4.69, 9.17) is 0 Å². The Balaban J connectivity index is 2.15. The van der Waals surface area contributed by atoms with E-state index in [1.807, 2.05) is 0 Å². The van der Waals surface area contributed by atoms with E-state index in [0.29, 0.717) is 0 Å². The van der Waals surface area contributed by atoms with Crippen molar-refractivity contribution < 1.29 is 0 Å². The summed E-state index contributed by atoms with van der Waals surface area (Å²) in [5.74, 6) is 2.17. The van der Waals surface area contributed by atoms with Crippen LogP contribution in [0.4, 0.5) is 0 Å². The molecule has 10 heavy (non-hydrogen) atoms. The highest BCUT2D eigenvalue weighted by molar-refractivity contribution is 4.73. The molecule has 60 valence electrons. The van der Waals surface area contributed by atoms with Crippen LogP contribution >= 0.6 is 0 Å². The van der Waals surface area contributed by atoms with Gasteiger partial charge in [0, 0.05) is 0 Å². The van der Waals surface area contributed by atoms with Crippen LogP contribution in [0.3, 0.4) is 0 Å². The molecule has 1 rings (SSSR count). The highest BCUT2D eigenvalue weighted by atomic mass is 14.3. The maximum Gasteiger partial charge on any atom is -0.0412 e. The second-order valence-electron chi connectivity index (χ2n) is 3.74. The van der Waals surface area contributed by atoms with Gasteiger partial charge in [0.15, 0.2) is 0 Å². The summed E-state index contributed by atoms with van der Waals surface area (Å²) in [6.45, 7) is 4.64. The molecule has 0 aromatic rings. The predicted octanol–water partition coefficient (Wildman–Crippen LogP) is 3.61. The van der Waals surface area contributed by atoms with Gasteiger partial charge < -0.3 is 0 Å². The van der Waals surface area contributed by atoms with E-state index < -0.39 is 0 Å². The topological polar surface area (TPSA) is 0 Å². The van der Waals surface area contributed by atoms with Gasteiger partial charge in [0.1, 0.15) is 0 Å². The number of hydrogen-bond acceptors (Lipinski definition) is 0. The van der Waals surface area contributed by atoms with Crippen LogP contribution in [0.1, 0.15) is 52.4 Å². The van der Waals surface area contributed by atoms with Crippen LogP contribution in [0, 0.1) is 11.8 Å². The van der Waals surface area contributed by atoms with Gasteiger partial charge in [0.05, 0.1) is 0 Å².